The van der Waals surface area contributed by atoms with Crippen molar-refractivity contribution in [3.63, 3.8) is 0 Å². The highest BCUT2D eigenvalue weighted by Gasteiger charge is 2.17. The molecule has 0 saturated carbocycles. The molecule has 0 aliphatic rings. The molecule has 0 fully saturated rings. The predicted molar refractivity (Wildman–Crippen MR) is 90.5 cm³/mol. The van der Waals surface area contributed by atoms with Gasteiger partial charge in [-0.3, -0.25) is 9.59 Å². The maximum atomic E-state index is 12.4. The molecule has 0 atom stereocenters. The maximum Gasteiger partial charge on any atom is 0.255 e. The summed E-state index contributed by atoms with van der Waals surface area (Å²) in [7, 11) is 4.52. The van der Waals surface area contributed by atoms with Gasteiger partial charge >= 0.3 is 0 Å². The van der Waals surface area contributed by atoms with E-state index in [-0.39, 0.29) is 11.7 Å². The Labute approximate surface area is 140 Å². The van der Waals surface area contributed by atoms with Crippen molar-refractivity contribution in [2.75, 3.05) is 26.6 Å². The summed E-state index contributed by atoms with van der Waals surface area (Å²) >= 11 is 0. The Balaban J connectivity index is 2.36. The number of carbonyl (C=O) groups is 2. The van der Waals surface area contributed by atoms with Gasteiger partial charge in [0.05, 0.1) is 27.0 Å². The molecular weight excluding hydrogens is 310 g/mol. The minimum atomic E-state index is -0.340. The van der Waals surface area contributed by atoms with Gasteiger partial charge < -0.3 is 19.5 Å². The zero-order valence-electron chi connectivity index (χ0n) is 14.0. The van der Waals surface area contributed by atoms with Gasteiger partial charge in [0.2, 0.25) is 0 Å². The molecule has 0 bridgehead atoms. The average molecular weight is 329 g/mol. The molecule has 2 aromatic carbocycles. The molecule has 2 rings (SSSR count). The van der Waals surface area contributed by atoms with Crippen molar-refractivity contribution < 1.29 is 23.8 Å². The second-order valence-electron chi connectivity index (χ2n) is 4.99. The number of anilines is 1. The molecular formula is C18H19NO5. The van der Waals surface area contributed by atoms with Crippen molar-refractivity contribution >= 4 is 17.4 Å². The topological polar surface area (TPSA) is 73.9 Å². The summed E-state index contributed by atoms with van der Waals surface area (Å²) in [5.74, 6) is 0.966. The van der Waals surface area contributed by atoms with Crippen molar-refractivity contribution in [1.29, 1.82) is 0 Å². The number of nitrogens with one attached hydrogen (secondary N) is 1. The number of benzene rings is 2. The Bertz CT molecular complexity index is 753. The number of carbonyl (C=O) groups excluding carboxylic acids is 2. The molecule has 2 aromatic rings. The first-order valence-corrected chi connectivity index (χ1v) is 7.22. The summed E-state index contributed by atoms with van der Waals surface area (Å²) in [5, 5.41) is 2.74. The fraction of sp³-hybridized carbons (Fsp3) is 0.222. The lowest BCUT2D eigenvalue weighted by atomic mass is 10.1. The van der Waals surface area contributed by atoms with Crippen LogP contribution in [-0.2, 0) is 0 Å². The Morgan fingerprint density at radius 3 is 1.96 bits per heavy atom. The summed E-state index contributed by atoms with van der Waals surface area (Å²) in [6.07, 6.45) is 0. The van der Waals surface area contributed by atoms with E-state index in [1.807, 2.05) is 0 Å². The molecule has 0 aliphatic heterocycles. The van der Waals surface area contributed by atoms with E-state index in [9.17, 15) is 9.59 Å². The number of ketones is 1. The normalized spacial score (nSPS) is 10.0. The molecule has 0 aromatic heterocycles. The van der Waals surface area contributed by atoms with Gasteiger partial charge in [-0.15, -0.1) is 0 Å². The number of Topliss-reactive ketones (excluding diaryl/α,β-unsaturated/α-hetero) is 1. The highest BCUT2D eigenvalue weighted by Crippen LogP contribution is 2.33. The summed E-state index contributed by atoms with van der Waals surface area (Å²) in [6.45, 7) is 1.42. The van der Waals surface area contributed by atoms with Crippen LogP contribution in [0.4, 0.5) is 5.69 Å². The molecule has 24 heavy (non-hydrogen) atoms. The third-order valence-corrected chi connectivity index (χ3v) is 3.50. The van der Waals surface area contributed by atoms with E-state index in [0.29, 0.717) is 34.1 Å². The summed E-state index contributed by atoms with van der Waals surface area (Å²) in [5.41, 5.74) is 1.15. The first-order chi connectivity index (χ1) is 11.5. The van der Waals surface area contributed by atoms with Crippen LogP contribution in [0.3, 0.4) is 0 Å². The number of amides is 1. The van der Waals surface area contributed by atoms with Crippen molar-refractivity contribution in [3.8, 4) is 17.2 Å². The monoisotopic (exact) mass is 329 g/mol. The lowest BCUT2D eigenvalue weighted by molar-refractivity contribution is 0.101. The second kappa shape index (κ2) is 7.50. The fourth-order valence-electron chi connectivity index (χ4n) is 2.21. The van der Waals surface area contributed by atoms with Gasteiger partial charge in [-0.25, -0.2) is 0 Å². The third-order valence-electron chi connectivity index (χ3n) is 3.50. The highest BCUT2D eigenvalue weighted by atomic mass is 16.5. The van der Waals surface area contributed by atoms with Gasteiger partial charge in [-0.05, 0) is 37.3 Å². The lowest BCUT2D eigenvalue weighted by Gasteiger charge is -2.14. The van der Waals surface area contributed by atoms with E-state index < -0.39 is 0 Å². The lowest BCUT2D eigenvalue weighted by Crippen LogP contribution is -2.14. The smallest absolute Gasteiger partial charge is 0.255 e. The third kappa shape index (κ3) is 3.65. The Kier molecular flexibility index (Phi) is 5.42. The molecule has 6 nitrogen and oxygen atoms in total. The second-order valence-corrected chi connectivity index (χ2v) is 4.99. The molecule has 0 heterocycles. The summed E-state index contributed by atoms with van der Waals surface area (Å²) in [4.78, 5) is 24.3. The average Bonchev–Trinajstić information content (AvgIpc) is 2.61. The van der Waals surface area contributed by atoms with Crippen LogP contribution in [0.1, 0.15) is 27.6 Å². The van der Waals surface area contributed by atoms with Crippen molar-refractivity contribution in [2.45, 2.75) is 6.92 Å². The van der Waals surface area contributed by atoms with Crippen LogP contribution in [0.2, 0.25) is 0 Å². The quantitative estimate of drug-likeness (QED) is 0.824. The number of hydrogen-bond donors (Lipinski definition) is 1. The maximum absolute atomic E-state index is 12.4. The van der Waals surface area contributed by atoms with Crippen LogP contribution in [0.15, 0.2) is 36.4 Å². The molecule has 6 heteroatoms. The van der Waals surface area contributed by atoms with Crippen molar-refractivity contribution in [3.05, 3.63) is 47.5 Å². The van der Waals surface area contributed by atoms with Crippen LogP contribution < -0.4 is 19.5 Å². The summed E-state index contributed by atoms with van der Waals surface area (Å²) < 4.78 is 15.5. The van der Waals surface area contributed by atoms with Crippen LogP contribution in [0, 0.1) is 0 Å². The van der Waals surface area contributed by atoms with E-state index in [1.165, 1.54) is 21.1 Å². The number of rotatable bonds is 6. The van der Waals surface area contributed by atoms with Gasteiger partial charge in [-0.1, -0.05) is 0 Å². The molecule has 0 aliphatic carbocycles. The van der Waals surface area contributed by atoms with E-state index in [2.05, 4.69) is 5.32 Å². The molecule has 1 amide bonds. The van der Waals surface area contributed by atoms with E-state index in [4.69, 9.17) is 14.2 Å². The minimum Gasteiger partial charge on any atom is -0.497 e. The van der Waals surface area contributed by atoms with Gasteiger partial charge in [-0.2, -0.15) is 0 Å². The van der Waals surface area contributed by atoms with E-state index in [1.54, 1.807) is 43.5 Å². The molecule has 0 unspecified atom stereocenters. The number of hydrogen-bond acceptors (Lipinski definition) is 5. The largest absolute Gasteiger partial charge is 0.497 e. The number of ether oxygens (including phenoxy) is 3. The molecule has 0 spiro atoms. The molecule has 0 radical (unpaired) electrons. The standard InChI is InChI=1S/C18H19NO5/c1-11(20)14-9-16(23-3)17(24-4)10-15(14)19-18(21)12-5-7-13(22-2)8-6-12/h5-10H,1-4H3,(H,19,21). The first-order valence-electron chi connectivity index (χ1n) is 7.22. The van der Waals surface area contributed by atoms with Gasteiger partial charge in [0.15, 0.2) is 17.3 Å². The number of methoxy groups -OCH3 is 3. The van der Waals surface area contributed by atoms with Crippen molar-refractivity contribution in [2.24, 2.45) is 0 Å². The molecule has 126 valence electrons. The minimum absolute atomic E-state index is 0.194. The Morgan fingerprint density at radius 1 is 0.875 bits per heavy atom. The SMILES string of the molecule is COc1ccc(C(=O)Nc2cc(OC)c(OC)cc2C(C)=O)cc1. The van der Waals surface area contributed by atoms with Gasteiger partial charge in [0.25, 0.3) is 5.91 Å². The van der Waals surface area contributed by atoms with E-state index >= 15 is 0 Å². The van der Waals surface area contributed by atoms with Gasteiger partial charge in [0.1, 0.15) is 5.75 Å². The van der Waals surface area contributed by atoms with Crippen molar-refractivity contribution in [1.82, 2.24) is 0 Å². The summed E-state index contributed by atoms with van der Waals surface area (Å²) in [6, 6.07) is 9.78. The molecule has 1 N–H and O–H groups in total. The van der Waals surface area contributed by atoms with Crippen LogP contribution >= 0.6 is 0 Å². The Hall–Kier alpha value is -3.02. The van der Waals surface area contributed by atoms with E-state index in [0.717, 1.165) is 0 Å². The van der Waals surface area contributed by atoms with Gasteiger partial charge in [0, 0.05) is 17.2 Å². The zero-order valence-corrected chi connectivity index (χ0v) is 14.0. The predicted octanol–water partition coefficient (Wildman–Crippen LogP) is 3.17. The van der Waals surface area contributed by atoms with Crippen LogP contribution in [0.5, 0.6) is 17.2 Å². The van der Waals surface area contributed by atoms with Crippen LogP contribution in [0.25, 0.3) is 0 Å². The fourth-order valence-corrected chi connectivity index (χ4v) is 2.21. The van der Waals surface area contributed by atoms with Crippen LogP contribution in [-0.4, -0.2) is 33.0 Å². The molecule has 0 saturated heterocycles. The highest BCUT2D eigenvalue weighted by molar-refractivity contribution is 6.09. The first kappa shape index (κ1) is 17.3. The zero-order chi connectivity index (χ0) is 17.7. The Morgan fingerprint density at radius 2 is 1.46 bits per heavy atom.